The molecule has 0 aliphatic heterocycles. The summed E-state index contributed by atoms with van der Waals surface area (Å²) >= 11 is 5.70. The molecule has 0 fully saturated rings. The van der Waals surface area contributed by atoms with E-state index in [1.807, 2.05) is 0 Å². The predicted molar refractivity (Wildman–Crippen MR) is 79.2 cm³/mol. The third-order valence-electron chi connectivity index (χ3n) is 3.00. The van der Waals surface area contributed by atoms with Gasteiger partial charge in [0.05, 0.1) is 26.8 Å². The van der Waals surface area contributed by atoms with Gasteiger partial charge in [-0.25, -0.2) is 0 Å². The highest BCUT2D eigenvalue weighted by atomic mass is 35.5. The zero-order valence-corrected chi connectivity index (χ0v) is 12.4. The number of carbonyl (C=O) groups is 1. The van der Waals surface area contributed by atoms with Crippen LogP contribution in [0.3, 0.4) is 0 Å². The second-order valence-electron chi connectivity index (χ2n) is 4.58. The maximum atomic E-state index is 12.6. The number of nitrogens with zero attached hydrogens (tertiary/aromatic N) is 1. The van der Waals surface area contributed by atoms with Gasteiger partial charge in [-0.05, 0) is 24.3 Å². The maximum Gasteiger partial charge on any atom is 0.416 e. The van der Waals surface area contributed by atoms with E-state index in [1.54, 1.807) is 0 Å². The Balaban J connectivity index is 2.31. The maximum absolute atomic E-state index is 12.6. The molecule has 0 spiro atoms. The van der Waals surface area contributed by atoms with E-state index in [-0.39, 0.29) is 10.7 Å². The van der Waals surface area contributed by atoms with Gasteiger partial charge >= 0.3 is 11.9 Å². The van der Waals surface area contributed by atoms with Crippen LogP contribution in [-0.2, 0) is 6.18 Å². The largest absolute Gasteiger partial charge is 0.502 e. The molecule has 24 heavy (non-hydrogen) atoms. The van der Waals surface area contributed by atoms with E-state index < -0.39 is 39.6 Å². The van der Waals surface area contributed by atoms with E-state index in [1.165, 1.54) is 6.07 Å². The van der Waals surface area contributed by atoms with Gasteiger partial charge in [-0.15, -0.1) is 0 Å². The van der Waals surface area contributed by atoms with Gasteiger partial charge in [0, 0.05) is 6.07 Å². The summed E-state index contributed by atoms with van der Waals surface area (Å²) in [5.41, 5.74) is -2.23. The Hall–Kier alpha value is -2.81. The quantitative estimate of drug-likeness (QED) is 0.633. The van der Waals surface area contributed by atoms with Crippen LogP contribution in [0.25, 0.3) is 0 Å². The van der Waals surface area contributed by atoms with Gasteiger partial charge in [0.2, 0.25) is 5.75 Å². The fourth-order valence-electron chi connectivity index (χ4n) is 1.84. The van der Waals surface area contributed by atoms with Crippen molar-refractivity contribution in [3.63, 3.8) is 0 Å². The molecular weight excluding hydrogens is 353 g/mol. The number of phenols is 1. The van der Waals surface area contributed by atoms with Crippen LogP contribution in [0.2, 0.25) is 5.02 Å². The van der Waals surface area contributed by atoms with Crippen LogP contribution in [0.4, 0.5) is 24.5 Å². The van der Waals surface area contributed by atoms with Gasteiger partial charge in [0.25, 0.3) is 5.91 Å². The lowest BCUT2D eigenvalue weighted by molar-refractivity contribution is -0.385. The molecule has 0 unspecified atom stereocenters. The highest BCUT2D eigenvalue weighted by Crippen LogP contribution is 2.34. The van der Waals surface area contributed by atoms with E-state index in [0.717, 1.165) is 24.3 Å². The number of amides is 1. The van der Waals surface area contributed by atoms with Crippen molar-refractivity contribution in [3.05, 3.63) is 62.7 Å². The van der Waals surface area contributed by atoms with Crippen LogP contribution in [0.1, 0.15) is 15.9 Å². The van der Waals surface area contributed by atoms with Crippen molar-refractivity contribution in [1.82, 2.24) is 0 Å². The molecule has 0 saturated heterocycles. The van der Waals surface area contributed by atoms with Crippen molar-refractivity contribution in [2.45, 2.75) is 6.18 Å². The van der Waals surface area contributed by atoms with Crippen molar-refractivity contribution in [2.75, 3.05) is 5.32 Å². The molecule has 0 atom stereocenters. The van der Waals surface area contributed by atoms with E-state index >= 15 is 0 Å². The number of hydrogen-bond donors (Lipinski definition) is 2. The van der Waals surface area contributed by atoms with E-state index in [0.29, 0.717) is 6.07 Å². The molecule has 2 N–H and O–H groups in total. The number of phenolic OH excluding ortho intramolecular Hbond substituents is 1. The Morgan fingerprint density at radius 3 is 2.46 bits per heavy atom. The fourth-order valence-corrected chi connectivity index (χ4v) is 2.07. The average Bonchev–Trinajstić information content (AvgIpc) is 2.48. The van der Waals surface area contributed by atoms with Crippen molar-refractivity contribution in [3.8, 4) is 5.75 Å². The number of nitro benzene ring substituents is 1. The van der Waals surface area contributed by atoms with Crippen molar-refractivity contribution in [2.24, 2.45) is 0 Å². The Morgan fingerprint density at radius 2 is 1.92 bits per heavy atom. The van der Waals surface area contributed by atoms with Crippen molar-refractivity contribution < 1.29 is 28.0 Å². The van der Waals surface area contributed by atoms with Crippen molar-refractivity contribution >= 4 is 28.9 Å². The summed E-state index contributed by atoms with van der Waals surface area (Å²) in [5, 5.41) is 22.3. The van der Waals surface area contributed by atoms with Crippen LogP contribution in [0.15, 0.2) is 36.4 Å². The summed E-state index contributed by atoms with van der Waals surface area (Å²) in [5.74, 6) is -1.82. The van der Waals surface area contributed by atoms with Crippen LogP contribution >= 0.6 is 11.6 Å². The van der Waals surface area contributed by atoms with Gasteiger partial charge in [0.1, 0.15) is 0 Å². The van der Waals surface area contributed by atoms with Crippen LogP contribution in [0.5, 0.6) is 5.75 Å². The molecule has 0 bridgehead atoms. The molecular formula is C14H8ClF3N2O4. The highest BCUT2D eigenvalue weighted by Gasteiger charge is 2.31. The number of nitro groups is 1. The van der Waals surface area contributed by atoms with E-state index in [2.05, 4.69) is 5.32 Å². The third-order valence-corrected chi connectivity index (χ3v) is 3.31. The van der Waals surface area contributed by atoms with E-state index in [4.69, 9.17) is 11.6 Å². The minimum atomic E-state index is -4.59. The van der Waals surface area contributed by atoms with Gasteiger partial charge in [-0.3, -0.25) is 14.9 Å². The first-order valence-corrected chi connectivity index (χ1v) is 6.63. The number of carbonyl (C=O) groups excluding carboxylic acids is 1. The Morgan fingerprint density at radius 1 is 1.25 bits per heavy atom. The molecule has 0 heterocycles. The molecule has 0 aromatic heterocycles. The Bertz CT molecular complexity index is 824. The van der Waals surface area contributed by atoms with Gasteiger partial charge in [-0.1, -0.05) is 17.7 Å². The summed E-state index contributed by atoms with van der Waals surface area (Å²) in [4.78, 5) is 21.9. The molecule has 2 aromatic rings. The fraction of sp³-hybridized carbons (Fsp3) is 0.0714. The van der Waals surface area contributed by atoms with Gasteiger partial charge in [-0.2, -0.15) is 13.2 Å². The summed E-state index contributed by atoms with van der Waals surface area (Å²) in [6.45, 7) is 0. The minimum absolute atomic E-state index is 0.138. The number of nitrogens with one attached hydrogen (secondary N) is 1. The summed E-state index contributed by atoms with van der Waals surface area (Å²) in [7, 11) is 0. The number of aromatic hydroxyl groups is 1. The molecule has 2 aromatic carbocycles. The zero-order valence-electron chi connectivity index (χ0n) is 11.6. The summed E-state index contributed by atoms with van der Waals surface area (Å²) in [6, 6.07) is 5.59. The van der Waals surface area contributed by atoms with Crippen LogP contribution in [0, 0.1) is 10.1 Å². The lowest BCUT2D eigenvalue weighted by Crippen LogP contribution is -2.13. The lowest BCUT2D eigenvalue weighted by atomic mass is 10.1. The van der Waals surface area contributed by atoms with Gasteiger partial charge in [0.15, 0.2) is 0 Å². The average molecular weight is 361 g/mol. The third kappa shape index (κ3) is 3.57. The SMILES string of the molecule is O=C(Nc1ccc(C(F)(F)F)cc1Cl)c1cccc([N+](=O)[O-])c1O. The number of alkyl halides is 3. The number of hydrogen-bond acceptors (Lipinski definition) is 4. The number of halogens is 4. The van der Waals surface area contributed by atoms with Crippen LogP contribution in [-0.4, -0.2) is 15.9 Å². The molecule has 0 aliphatic carbocycles. The Labute approximate surface area is 137 Å². The number of anilines is 1. The zero-order chi connectivity index (χ0) is 18.1. The normalized spacial score (nSPS) is 11.2. The molecule has 0 aliphatic rings. The van der Waals surface area contributed by atoms with Crippen molar-refractivity contribution in [1.29, 1.82) is 0 Å². The number of benzene rings is 2. The lowest BCUT2D eigenvalue weighted by Gasteiger charge is -2.11. The summed E-state index contributed by atoms with van der Waals surface area (Å²) < 4.78 is 37.7. The predicted octanol–water partition coefficient (Wildman–Crippen LogP) is 4.22. The first-order valence-electron chi connectivity index (χ1n) is 6.25. The minimum Gasteiger partial charge on any atom is -0.502 e. The second kappa shape index (κ2) is 6.36. The number of para-hydroxylation sites is 1. The highest BCUT2D eigenvalue weighted by molar-refractivity contribution is 6.34. The molecule has 6 nitrogen and oxygen atoms in total. The monoisotopic (exact) mass is 360 g/mol. The molecule has 1 amide bonds. The van der Waals surface area contributed by atoms with Gasteiger partial charge < -0.3 is 10.4 Å². The second-order valence-corrected chi connectivity index (χ2v) is 4.98. The Kier molecular flexibility index (Phi) is 4.65. The first-order chi connectivity index (χ1) is 11.1. The molecule has 126 valence electrons. The molecule has 0 radical (unpaired) electrons. The van der Waals surface area contributed by atoms with Crippen LogP contribution < -0.4 is 5.32 Å². The molecule has 0 saturated carbocycles. The first kappa shape index (κ1) is 17.5. The smallest absolute Gasteiger partial charge is 0.416 e. The number of rotatable bonds is 3. The summed E-state index contributed by atoms with van der Waals surface area (Å²) in [6.07, 6.45) is -4.59. The molecule has 10 heteroatoms. The molecule has 2 rings (SSSR count). The van der Waals surface area contributed by atoms with E-state index in [9.17, 15) is 33.2 Å². The standard InChI is InChI=1S/C14H8ClF3N2O4/c15-9-6-7(14(16,17)18)4-5-10(9)19-13(22)8-2-1-3-11(12(8)21)20(23)24/h1-6,21H,(H,19,22). The topological polar surface area (TPSA) is 92.5 Å².